The first-order chi connectivity index (χ1) is 11.9. The van der Waals surface area contributed by atoms with Gasteiger partial charge in [-0.25, -0.2) is 4.98 Å². The van der Waals surface area contributed by atoms with Gasteiger partial charge < -0.3 is 4.48 Å². The highest BCUT2D eigenvalue weighted by molar-refractivity contribution is 8.01. The SMILES string of the molecule is c1ccc2c(c1)Sc1cccc3c1B2n1c(nc2ccccc21)S3. The minimum absolute atomic E-state index is 0.220. The van der Waals surface area contributed by atoms with Crippen molar-refractivity contribution in [1.82, 2.24) is 9.46 Å². The highest BCUT2D eigenvalue weighted by Gasteiger charge is 2.39. The largest absolute Gasteiger partial charge is 0.354 e. The molecule has 2 nitrogen and oxygen atoms in total. The molecular formula is C19H11BN2S2. The van der Waals surface area contributed by atoms with Gasteiger partial charge in [0, 0.05) is 14.7 Å². The number of imidazole rings is 1. The van der Waals surface area contributed by atoms with Gasteiger partial charge in [-0.3, -0.25) is 0 Å². The Bertz CT molecular complexity index is 1140. The molecule has 0 atom stereocenters. The van der Waals surface area contributed by atoms with Crippen LogP contribution in [0, 0.1) is 0 Å². The third-order valence-corrected chi connectivity index (χ3v) is 6.97. The standard InChI is InChI=1S/C19H11BN2S2/c1-4-9-15-12(6-1)20-18-16(23-15)10-5-11-17(18)24-19-21-13-7-2-3-8-14(13)22(19)20/h1-11H. The van der Waals surface area contributed by atoms with Crippen LogP contribution in [0.15, 0.2) is 86.6 Å². The lowest BCUT2D eigenvalue weighted by atomic mass is 9.50. The zero-order valence-electron chi connectivity index (χ0n) is 12.6. The van der Waals surface area contributed by atoms with Crippen molar-refractivity contribution >= 4 is 52.3 Å². The maximum Gasteiger partial charge on any atom is 0.333 e. The van der Waals surface area contributed by atoms with Crippen LogP contribution in [0.4, 0.5) is 0 Å². The summed E-state index contributed by atoms with van der Waals surface area (Å²) in [5, 5.41) is 1.09. The molecule has 3 heterocycles. The summed E-state index contributed by atoms with van der Waals surface area (Å²) < 4.78 is 2.42. The van der Waals surface area contributed by atoms with E-state index in [0.29, 0.717) is 0 Å². The van der Waals surface area contributed by atoms with Gasteiger partial charge in [-0.2, -0.15) is 0 Å². The first-order valence-corrected chi connectivity index (χ1v) is 9.58. The first-order valence-electron chi connectivity index (χ1n) is 7.95. The molecule has 0 amide bonds. The van der Waals surface area contributed by atoms with E-state index in [4.69, 9.17) is 4.98 Å². The van der Waals surface area contributed by atoms with E-state index in [1.807, 2.05) is 11.8 Å². The average molecular weight is 342 g/mol. The van der Waals surface area contributed by atoms with Gasteiger partial charge in [0.1, 0.15) is 0 Å². The Kier molecular flexibility index (Phi) is 2.59. The lowest BCUT2D eigenvalue weighted by Crippen LogP contribution is -2.54. The number of aromatic nitrogens is 2. The van der Waals surface area contributed by atoms with E-state index < -0.39 is 0 Å². The van der Waals surface area contributed by atoms with Gasteiger partial charge in [-0.1, -0.05) is 59.9 Å². The summed E-state index contributed by atoms with van der Waals surface area (Å²) in [6.07, 6.45) is 0. The van der Waals surface area contributed by atoms with Gasteiger partial charge in [0.05, 0.1) is 11.0 Å². The molecule has 4 aromatic rings. The number of hydrogen-bond acceptors (Lipinski definition) is 3. The molecule has 24 heavy (non-hydrogen) atoms. The maximum absolute atomic E-state index is 4.90. The quantitative estimate of drug-likeness (QED) is 0.393. The molecule has 0 bridgehead atoms. The third kappa shape index (κ3) is 1.64. The van der Waals surface area contributed by atoms with E-state index in [1.54, 1.807) is 11.8 Å². The van der Waals surface area contributed by atoms with E-state index >= 15 is 0 Å². The molecule has 0 unspecified atom stereocenters. The van der Waals surface area contributed by atoms with E-state index in [0.717, 1.165) is 10.7 Å². The van der Waals surface area contributed by atoms with Crippen LogP contribution in [0.25, 0.3) is 11.0 Å². The van der Waals surface area contributed by atoms with Crippen LogP contribution in [-0.2, 0) is 0 Å². The predicted molar refractivity (Wildman–Crippen MR) is 101 cm³/mol. The zero-order valence-corrected chi connectivity index (χ0v) is 14.3. The van der Waals surface area contributed by atoms with Gasteiger partial charge >= 0.3 is 6.85 Å². The lowest BCUT2D eigenvalue weighted by Gasteiger charge is -2.32. The van der Waals surface area contributed by atoms with Crippen molar-refractivity contribution in [3.63, 3.8) is 0 Å². The molecule has 0 aliphatic carbocycles. The maximum atomic E-state index is 4.90. The number of para-hydroxylation sites is 2. The van der Waals surface area contributed by atoms with E-state index in [2.05, 4.69) is 71.2 Å². The second-order valence-electron chi connectivity index (χ2n) is 6.07. The molecule has 3 aromatic carbocycles. The van der Waals surface area contributed by atoms with Crippen LogP contribution >= 0.6 is 23.5 Å². The Hall–Kier alpha value is -2.11. The van der Waals surface area contributed by atoms with E-state index in [-0.39, 0.29) is 6.85 Å². The van der Waals surface area contributed by atoms with Crippen LogP contribution in [0.3, 0.4) is 0 Å². The second kappa shape index (κ2) is 4.71. The van der Waals surface area contributed by atoms with Crippen molar-refractivity contribution in [1.29, 1.82) is 0 Å². The van der Waals surface area contributed by atoms with Crippen molar-refractivity contribution in [2.24, 2.45) is 0 Å². The summed E-state index contributed by atoms with van der Waals surface area (Å²) in [6.45, 7) is 0.220. The van der Waals surface area contributed by atoms with Crippen LogP contribution < -0.4 is 10.9 Å². The van der Waals surface area contributed by atoms with Gasteiger partial charge in [-0.05, 0) is 41.3 Å². The summed E-state index contributed by atoms with van der Waals surface area (Å²) in [4.78, 5) is 8.95. The smallest absolute Gasteiger partial charge is 0.333 e. The Morgan fingerprint density at radius 1 is 0.750 bits per heavy atom. The van der Waals surface area contributed by atoms with Crippen molar-refractivity contribution in [2.45, 2.75) is 19.8 Å². The van der Waals surface area contributed by atoms with Crippen molar-refractivity contribution < 1.29 is 0 Å². The summed E-state index contributed by atoms with van der Waals surface area (Å²) >= 11 is 3.67. The lowest BCUT2D eigenvalue weighted by molar-refractivity contribution is 0.978. The molecule has 0 saturated carbocycles. The monoisotopic (exact) mass is 342 g/mol. The van der Waals surface area contributed by atoms with Gasteiger partial charge in [0.15, 0.2) is 5.16 Å². The number of rotatable bonds is 0. The fourth-order valence-corrected chi connectivity index (χ4v) is 6.10. The molecule has 0 N–H and O–H groups in total. The Labute approximate surface area is 148 Å². The molecule has 112 valence electrons. The molecular weight excluding hydrogens is 331 g/mol. The highest BCUT2D eigenvalue weighted by Crippen LogP contribution is 2.40. The van der Waals surface area contributed by atoms with Crippen molar-refractivity contribution in [3.8, 4) is 0 Å². The Balaban J connectivity index is 1.76. The van der Waals surface area contributed by atoms with E-state index in [1.165, 1.54) is 31.1 Å². The Morgan fingerprint density at radius 2 is 1.50 bits per heavy atom. The molecule has 0 spiro atoms. The molecule has 2 aliphatic rings. The van der Waals surface area contributed by atoms with Crippen molar-refractivity contribution in [2.75, 3.05) is 0 Å². The van der Waals surface area contributed by atoms with Gasteiger partial charge in [0.25, 0.3) is 0 Å². The molecule has 0 radical (unpaired) electrons. The number of hydrogen-bond donors (Lipinski definition) is 0. The molecule has 0 fully saturated rings. The number of benzene rings is 3. The average Bonchev–Trinajstić information content (AvgIpc) is 2.99. The summed E-state index contributed by atoms with van der Waals surface area (Å²) in [5.74, 6) is 0. The van der Waals surface area contributed by atoms with Crippen molar-refractivity contribution in [3.05, 3.63) is 66.7 Å². The fourth-order valence-electron chi connectivity index (χ4n) is 3.76. The number of nitrogens with zero attached hydrogens (tertiary/aromatic N) is 2. The van der Waals surface area contributed by atoms with Gasteiger partial charge in [-0.15, -0.1) is 0 Å². The highest BCUT2D eigenvalue weighted by atomic mass is 32.2. The molecule has 5 heteroatoms. The topological polar surface area (TPSA) is 17.8 Å². The van der Waals surface area contributed by atoms with E-state index in [9.17, 15) is 0 Å². The molecule has 6 rings (SSSR count). The van der Waals surface area contributed by atoms with Crippen LogP contribution in [0.5, 0.6) is 0 Å². The fraction of sp³-hybridized carbons (Fsp3) is 0. The van der Waals surface area contributed by atoms with Gasteiger partial charge in [0.2, 0.25) is 0 Å². The minimum Gasteiger partial charge on any atom is -0.354 e. The molecule has 2 aliphatic heterocycles. The minimum atomic E-state index is 0.220. The summed E-state index contributed by atoms with van der Waals surface area (Å²) in [6, 6.07) is 23.9. The normalized spacial score (nSPS) is 14.2. The molecule has 0 saturated heterocycles. The Morgan fingerprint density at radius 3 is 2.46 bits per heavy atom. The van der Waals surface area contributed by atoms with Crippen LogP contribution in [-0.4, -0.2) is 16.3 Å². The second-order valence-corrected chi connectivity index (χ2v) is 8.16. The summed E-state index contributed by atoms with van der Waals surface area (Å²) in [7, 11) is 0. The predicted octanol–water partition coefficient (Wildman–Crippen LogP) is 3.62. The first kappa shape index (κ1) is 13.2. The summed E-state index contributed by atoms with van der Waals surface area (Å²) in [5.41, 5.74) is 5.10. The number of fused-ring (bicyclic) bond motifs is 6. The van der Waals surface area contributed by atoms with Crippen LogP contribution in [0.1, 0.15) is 0 Å². The molecule has 1 aromatic heterocycles. The third-order valence-electron chi connectivity index (χ3n) is 4.76. The van der Waals surface area contributed by atoms with Crippen LogP contribution in [0.2, 0.25) is 0 Å². The zero-order chi connectivity index (χ0) is 15.7.